The van der Waals surface area contributed by atoms with Crippen LogP contribution in [0.25, 0.3) is 11.3 Å². The third-order valence-corrected chi connectivity index (χ3v) is 3.55. The van der Waals surface area contributed by atoms with Crippen LogP contribution >= 0.6 is 0 Å². The Morgan fingerprint density at radius 3 is 2.48 bits per heavy atom. The van der Waals surface area contributed by atoms with Crippen molar-refractivity contribution in [3.8, 4) is 11.3 Å². The lowest BCUT2D eigenvalue weighted by Crippen LogP contribution is -2.00. The Bertz CT molecular complexity index is 766. The second-order valence-electron chi connectivity index (χ2n) is 5.44. The molecule has 3 rings (SSSR count). The Morgan fingerprint density at radius 1 is 1.14 bits per heavy atom. The molecule has 0 atom stereocenters. The fraction of sp³-hybridized carbons (Fsp3) is 0.235. The van der Waals surface area contributed by atoms with E-state index in [4.69, 9.17) is 10.2 Å². The summed E-state index contributed by atoms with van der Waals surface area (Å²) in [7, 11) is 0. The number of aryl methyl sites for hydroxylation is 3. The predicted molar refractivity (Wildman–Crippen MR) is 84.1 cm³/mol. The summed E-state index contributed by atoms with van der Waals surface area (Å²) in [5, 5.41) is 4.60. The molecule has 0 aliphatic heterocycles. The lowest BCUT2D eigenvalue weighted by Gasteiger charge is -2.02. The summed E-state index contributed by atoms with van der Waals surface area (Å²) in [6.07, 6.45) is 1.87. The van der Waals surface area contributed by atoms with Crippen LogP contribution in [0.15, 0.2) is 40.9 Å². The van der Waals surface area contributed by atoms with Crippen molar-refractivity contribution in [2.24, 2.45) is 0 Å². The maximum absolute atomic E-state index is 6.10. The summed E-state index contributed by atoms with van der Waals surface area (Å²) in [6.45, 7) is 6.65. The third-order valence-electron chi connectivity index (χ3n) is 3.55. The number of nitrogen functional groups attached to an aromatic ring is 1. The average molecular weight is 281 g/mol. The molecule has 0 saturated carbocycles. The topological polar surface area (TPSA) is 57.0 Å². The summed E-state index contributed by atoms with van der Waals surface area (Å²) < 4.78 is 7.43. The van der Waals surface area contributed by atoms with Gasteiger partial charge in [-0.25, -0.2) is 0 Å². The van der Waals surface area contributed by atoms with Gasteiger partial charge in [0, 0.05) is 11.8 Å². The van der Waals surface area contributed by atoms with Gasteiger partial charge in [-0.1, -0.05) is 29.8 Å². The highest BCUT2D eigenvalue weighted by molar-refractivity contribution is 5.73. The maximum atomic E-state index is 6.10. The van der Waals surface area contributed by atoms with Gasteiger partial charge < -0.3 is 10.2 Å². The van der Waals surface area contributed by atoms with Crippen LogP contribution in [0.1, 0.15) is 22.6 Å². The van der Waals surface area contributed by atoms with Gasteiger partial charge in [-0.15, -0.1) is 0 Å². The van der Waals surface area contributed by atoms with E-state index < -0.39 is 0 Å². The van der Waals surface area contributed by atoms with Gasteiger partial charge in [0.2, 0.25) is 0 Å². The quantitative estimate of drug-likeness (QED) is 0.796. The van der Waals surface area contributed by atoms with Crippen molar-refractivity contribution in [3.05, 3.63) is 59.2 Å². The first-order chi connectivity index (χ1) is 10.0. The molecule has 0 bridgehead atoms. The zero-order valence-electron chi connectivity index (χ0n) is 12.6. The van der Waals surface area contributed by atoms with Crippen molar-refractivity contribution >= 4 is 5.69 Å². The van der Waals surface area contributed by atoms with Crippen LogP contribution < -0.4 is 5.73 Å². The van der Waals surface area contributed by atoms with E-state index in [1.54, 1.807) is 0 Å². The lowest BCUT2D eigenvalue weighted by molar-refractivity contribution is 0.505. The SMILES string of the molecule is Cc1ccc(Cn2cc(N)c(-c3cc(C)oc3C)n2)cc1. The minimum absolute atomic E-state index is 0.672. The molecule has 0 aliphatic carbocycles. The number of anilines is 1. The molecule has 21 heavy (non-hydrogen) atoms. The molecule has 0 fully saturated rings. The highest BCUT2D eigenvalue weighted by Gasteiger charge is 2.14. The molecule has 1 aromatic carbocycles. The molecule has 4 nitrogen and oxygen atoms in total. The maximum Gasteiger partial charge on any atom is 0.119 e. The van der Waals surface area contributed by atoms with Crippen LogP contribution in [0, 0.1) is 20.8 Å². The van der Waals surface area contributed by atoms with Crippen molar-refractivity contribution in [2.75, 3.05) is 5.73 Å². The first-order valence-electron chi connectivity index (χ1n) is 6.99. The van der Waals surface area contributed by atoms with Crippen LogP contribution in [0.4, 0.5) is 5.69 Å². The fourth-order valence-electron chi connectivity index (χ4n) is 2.47. The average Bonchev–Trinajstić information content (AvgIpc) is 2.95. The van der Waals surface area contributed by atoms with E-state index in [9.17, 15) is 0 Å². The molecule has 2 heterocycles. The summed E-state index contributed by atoms with van der Waals surface area (Å²) in [5.41, 5.74) is 11.0. The summed E-state index contributed by atoms with van der Waals surface area (Å²) in [4.78, 5) is 0. The number of rotatable bonds is 3. The standard InChI is InChI=1S/C17H19N3O/c1-11-4-6-14(7-5-11)9-20-10-16(18)17(19-20)15-8-12(2)21-13(15)3/h4-8,10H,9,18H2,1-3H3. The molecule has 2 aromatic heterocycles. The molecular formula is C17H19N3O. The van der Waals surface area contributed by atoms with E-state index >= 15 is 0 Å². The normalized spacial score (nSPS) is 11.0. The molecule has 0 amide bonds. The van der Waals surface area contributed by atoms with Crippen LogP contribution in [0.2, 0.25) is 0 Å². The van der Waals surface area contributed by atoms with Gasteiger partial charge in [0.1, 0.15) is 17.2 Å². The molecule has 0 spiro atoms. The van der Waals surface area contributed by atoms with Crippen LogP contribution in [0.3, 0.4) is 0 Å². The second kappa shape index (κ2) is 5.13. The Labute approximate surface area is 124 Å². The van der Waals surface area contributed by atoms with E-state index in [0.29, 0.717) is 12.2 Å². The largest absolute Gasteiger partial charge is 0.466 e. The van der Waals surface area contributed by atoms with Crippen molar-refractivity contribution in [3.63, 3.8) is 0 Å². The molecule has 0 radical (unpaired) electrons. The Hall–Kier alpha value is -2.49. The van der Waals surface area contributed by atoms with E-state index in [-0.39, 0.29) is 0 Å². The molecule has 4 heteroatoms. The van der Waals surface area contributed by atoms with Gasteiger partial charge in [0.15, 0.2) is 0 Å². The number of furan rings is 1. The van der Waals surface area contributed by atoms with E-state index in [2.05, 4.69) is 36.3 Å². The van der Waals surface area contributed by atoms with Crippen LogP contribution in [-0.4, -0.2) is 9.78 Å². The summed E-state index contributed by atoms with van der Waals surface area (Å²) in [5.74, 6) is 1.72. The summed E-state index contributed by atoms with van der Waals surface area (Å²) in [6, 6.07) is 10.4. The van der Waals surface area contributed by atoms with Crippen molar-refractivity contribution in [1.82, 2.24) is 9.78 Å². The van der Waals surface area contributed by atoms with Crippen molar-refractivity contribution in [1.29, 1.82) is 0 Å². The lowest BCUT2D eigenvalue weighted by atomic mass is 10.1. The molecule has 108 valence electrons. The van der Waals surface area contributed by atoms with Gasteiger partial charge in [0.05, 0.1) is 12.2 Å². The highest BCUT2D eigenvalue weighted by Crippen LogP contribution is 2.29. The monoisotopic (exact) mass is 281 g/mol. The Morgan fingerprint density at radius 2 is 1.86 bits per heavy atom. The van der Waals surface area contributed by atoms with Crippen LogP contribution in [-0.2, 0) is 6.54 Å². The Balaban J connectivity index is 1.91. The molecular weight excluding hydrogens is 262 g/mol. The minimum atomic E-state index is 0.672. The minimum Gasteiger partial charge on any atom is -0.466 e. The zero-order chi connectivity index (χ0) is 15.0. The van der Waals surface area contributed by atoms with Crippen molar-refractivity contribution in [2.45, 2.75) is 27.3 Å². The zero-order valence-corrected chi connectivity index (χ0v) is 12.6. The number of benzene rings is 1. The van der Waals surface area contributed by atoms with Gasteiger partial charge in [-0.3, -0.25) is 4.68 Å². The van der Waals surface area contributed by atoms with E-state index in [1.165, 1.54) is 11.1 Å². The number of nitrogens with two attached hydrogens (primary N) is 1. The molecule has 0 saturated heterocycles. The van der Waals surface area contributed by atoms with Gasteiger partial charge in [0.25, 0.3) is 0 Å². The molecule has 2 N–H and O–H groups in total. The summed E-state index contributed by atoms with van der Waals surface area (Å²) >= 11 is 0. The third kappa shape index (κ3) is 2.70. The number of aromatic nitrogens is 2. The predicted octanol–water partition coefficient (Wildman–Crippen LogP) is 3.70. The van der Waals surface area contributed by atoms with Gasteiger partial charge >= 0.3 is 0 Å². The molecule has 0 unspecified atom stereocenters. The number of hydrogen-bond acceptors (Lipinski definition) is 3. The number of hydrogen-bond donors (Lipinski definition) is 1. The van der Waals surface area contributed by atoms with Crippen LogP contribution in [0.5, 0.6) is 0 Å². The van der Waals surface area contributed by atoms with Gasteiger partial charge in [-0.05, 0) is 32.4 Å². The smallest absolute Gasteiger partial charge is 0.119 e. The number of nitrogens with zero attached hydrogens (tertiary/aromatic N) is 2. The first-order valence-corrected chi connectivity index (χ1v) is 6.99. The highest BCUT2D eigenvalue weighted by atomic mass is 16.3. The van der Waals surface area contributed by atoms with Crippen molar-refractivity contribution < 1.29 is 4.42 Å². The molecule has 3 aromatic rings. The molecule has 0 aliphatic rings. The fourth-order valence-corrected chi connectivity index (χ4v) is 2.47. The van der Waals surface area contributed by atoms with E-state index in [1.807, 2.05) is 30.8 Å². The van der Waals surface area contributed by atoms with Gasteiger partial charge in [-0.2, -0.15) is 5.10 Å². The van der Waals surface area contributed by atoms with E-state index in [0.717, 1.165) is 22.8 Å². The second-order valence-corrected chi connectivity index (χ2v) is 5.44. The Kier molecular flexibility index (Phi) is 3.29. The first kappa shape index (κ1) is 13.5.